The molecule has 1 amide bonds. The van der Waals surface area contributed by atoms with Crippen LogP contribution in [0.25, 0.3) is 0 Å². The lowest BCUT2D eigenvalue weighted by Gasteiger charge is -2.09. The van der Waals surface area contributed by atoms with Crippen molar-refractivity contribution in [3.05, 3.63) is 83.6 Å². The summed E-state index contributed by atoms with van der Waals surface area (Å²) in [6.07, 6.45) is 0.515. The van der Waals surface area contributed by atoms with Crippen LogP contribution >= 0.6 is 0 Å². The number of rotatable bonds is 6. The smallest absolute Gasteiger partial charge is 0.274 e. The lowest BCUT2D eigenvalue weighted by molar-refractivity contribution is 0.102. The van der Waals surface area contributed by atoms with Crippen molar-refractivity contribution in [1.29, 1.82) is 0 Å². The Kier molecular flexibility index (Phi) is 5.53. The largest absolute Gasteiger partial charge is 0.370 e. The van der Waals surface area contributed by atoms with Gasteiger partial charge in [0.15, 0.2) is 0 Å². The van der Waals surface area contributed by atoms with E-state index in [-0.39, 0.29) is 17.4 Å². The van der Waals surface area contributed by atoms with Crippen LogP contribution in [0.3, 0.4) is 0 Å². The minimum absolute atomic E-state index is 0.226. The van der Waals surface area contributed by atoms with Crippen LogP contribution in [0.5, 0.6) is 0 Å². The number of para-hydroxylation sites is 1. The summed E-state index contributed by atoms with van der Waals surface area (Å²) < 4.78 is 13.7. The number of nitrogens with one attached hydrogen (secondary N) is 2. The zero-order valence-corrected chi connectivity index (χ0v) is 14.4. The predicted molar refractivity (Wildman–Crippen MR) is 99.8 cm³/mol. The first-order chi connectivity index (χ1) is 12.6. The van der Waals surface area contributed by atoms with E-state index in [4.69, 9.17) is 0 Å². The molecule has 2 N–H and O–H groups in total. The topological polar surface area (TPSA) is 66.9 Å². The van der Waals surface area contributed by atoms with Gasteiger partial charge in [-0.2, -0.15) is 0 Å². The molecule has 0 spiro atoms. The predicted octanol–water partition coefficient (Wildman–Crippen LogP) is 3.83. The molecule has 0 aliphatic heterocycles. The zero-order valence-electron chi connectivity index (χ0n) is 14.4. The van der Waals surface area contributed by atoms with Crippen molar-refractivity contribution < 1.29 is 9.18 Å². The monoisotopic (exact) mass is 350 g/mol. The third-order valence-electron chi connectivity index (χ3n) is 3.76. The van der Waals surface area contributed by atoms with Gasteiger partial charge in [0.1, 0.15) is 23.2 Å². The summed E-state index contributed by atoms with van der Waals surface area (Å²) in [5, 5.41) is 5.92. The molecule has 0 bridgehead atoms. The van der Waals surface area contributed by atoms with E-state index in [0.717, 1.165) is 0 Å². The number of aryl methyl sites for hydroxylation is 1. The molecule has 5 nitrogen and oxygen atoms in total. The van der Waals surface area contributed by atoms with Crippen LogP contribution < -0.4 is 10.6 Å². The maximum absolute atomic E-state index is 13.7. The van der Waals surface area contributed by atoms with Crippen molar-refractivity contribution in [1.82, 2.24) is 9.97 Å². The molecule has 0 saturated heterocycles. The van der Waals surface area contributed by atoms with Crippen LogP contribution in [-0.2, 0) is 6.42 Å². The number of benzene rings is 2. The van der Waals surface area contributed by atoms with Gasteiger partial charge >= 0.3 is 0 Å². The second-order valence-electron chi connectivity index (χ2n) is 5.77. The molecular formula is C20H19FN4O. The second kappa shape index (κ2) is 8.20. The SMILES string of the molecule is Cc1nc(NCCc2ccccc2F)cc(C(=O)Nc2ccccc2)n1. The highest BCUT2D eigenvalue weighted by Crippen LogP contribution is 2.12. The third-order valence-corrected chi connectivity index (χ3v) is 3.76. The summed E-state index contributed by atoms with van der Waals surface area (Å²) in [5.74, 6) is 0.487. The van der Waals surface area contributed by atoms with Gasteiger partial charge in [0.2, 0.25) is 0 Å². The fourth-order valence-electron chi connectivity index (χ4n) is 2.52. The molecule has 6 heteroatoms. The van der Waals surface area contributed by atoms with Gasteiger partial charge < -0.3 is 10.6 Å². The number of hydrogen-bond acceptors (Lipinski definition) is 4. The highest BCUT2D eigenvalue weighted by molar-refractivity contribution is 6.03. The van der Waals surface area contributed by atoms with Crippen LogP contribution in [0.15, 0.2) is 60.7 Å². The molecule has 1 heterocycles. The van der Waals surface area contributed by atoms with Gasteiger partial charge in [-0.05, 0) is 37.1 Å². The van der Waals surface area contributed by atoms with Crippen molar-refractivity contribution in [2.75, 3.05) is 17.2 Å². The van der Waals surface area contributed by atoms with Crippen molar-refractivity contribution >= 4 is 17.4 Å². The number of carbonyl (C=O) groups is 1. The Morgan fingerprint density at radius 2 is 1.77 bits per heavy atom. The number of carbonyl (C=O) groups excluding carboxylic acids is 1. The van der Waals surface area contributed by atoms with Crippen molar-refractivity contribution in [2.45, 2.75) is 13.3 Å². The lowest BCUT2D eigenvalue weighted by atomic mass is 10.1. The Morgan fingerprint density at radius 3 is 2.54 bits per heavy atom. The lowest BCUT2D eigenvalue weighted by Crippen LogP contribution is -2.16. The van der Waals surface area contributed by atoms with E-state index in [1.807, 2.05) is 18.2 Å². The van der Waals surface area contributed by atoms with Crippen LogP contribution in [0.4, 0.5) is 15.9 Å². The van der Waals surface area contributed by atoms with E-state index in [2.05, 4.69) is 20.6 Å². The van der Waals surface area contributed by atoms with Gasteiger partial charge in [-0.25, -0.2) is 14.4 Å². The quantitative estimate of drug-likeness (QED) is 0.709. The standard InChI is InChI=1S/C20H19FN4O/c1-14-23-18(20(26)25-16-8-3-2-4-9-16)13-19(24-14)22-12-11-15-7-5-6-10-17(15)21/h2-10,13H,11-12H2,1H3,(H,25,26)(H,22,23,24). The second-order valence-corrected chi connectivity index (χ2v) is 5.77. The minimum Gasteiger partial charge on any atom is -0.370 e. The zero-order chi connectivity index (χ0) is 18.4. The van der Waals surface area contributed by atoms with Crippen LogP contribution in [0.2, 0.25) is 0 Å². The molecule has 3 rings (SSSR count). The first kappa shape index (κ1) is 17.5. The molecule has 0 atom stereocenters. The average Bonchev–Trinajstić information content (AvgIpc) is 2.64. The van der Waals surface area contributed by atoms with E-state index in [1.165, 1.54) is 6.07 Å². The van der Waals surface area contributed by atoms with Gasteiger partial charge in [0.25, 0.3) is 5.91 Å². The molecule has 0 radical (unpaired) electrons. The van der Waals surface area contributed by atoms with Gasteiger partial charge in [-0.15, -0.1) is 0 Å². The van der Waals surface area contributed by atoms with Crippen LogP contribution in [-0.4, -0.2) is 22.4 Å². The summed E-state index contributed by atoms with van der Waals surface area (Å²) in [7, 11) is 0. The van der Waals surface area contributed by atoms with E-state index in [9.17, 15) is 9.18 Å². The fourth-order valence-corrected chi connectivity index (χ4v) is 2.52. The molecule has 1 aromatic heterocycles. The summed E-state index contributed by atoms with van der Waals surface area (Å²) in [6.45, 7) is 2.22. The van der Waals surface area contributed by atoms with E-state index in [0.29, 0.717) is 35.9 Å². The Balaban J connectivity index is 1.65. The Bertz CT molecular complexity index is 899. The number of nitrogens with zero attached hydrogens (tertiary/aromatic N) is 2. The highest BCUT2D eigenvalue weighted by atomic mass is 19.1. The highest BCUT2D eigenvalue weighted by Gasteiger charge is 2.11. The van der Waals surface area contributed by atoms with E-state index in [1.54, 1.807) is 43.3 Å². The van der Waals surface area contributed by atoms with Crippen molar-refractivity contribution in [3.63, 3.8) is 0 Å². The molecule has 0 fully saturated rings. The first-order valence-corrected chi connectivity index (χ1v) is 8.31. The Hall–Kier alpha value is -3.28. The molecule has 0 unspecified atom stereocenters. The average molecular weight is 350 g/mol. The summed E-state index contributed by atoms with van der Waals surface area (Å²) >= 11 is 0. The van der Waals surface area contributed by atoms with Gasteiger partial charge in [0, 0.05) is 18.3 Å². The first-order valence-electron chi connectivity index (χ1n) is 8.31. The maximum atomic E-state index is 13.7. The van der Waals surface area contributed by atoms with Gasteiger partial charge in [0.05, 0.1) is 0 Å². The maximum Gasteiger partial charge on any atom is 0.274 e. The van der Waals surface area contributed by atoms with Crippen molar-refractivity contribution in [3.8, 4) is 0 Å². The van der Waals surface area contributed by atoms with Crippen LogP contribution in [0.1, 0.15) is 21.9 Å². The molecule has 3 aromatic rings. The Labute approximate surface area is 151 Å². The number of amides is 1. The van der Waals surface area contributed by atoms with Gasteiger partial charge in [-0.3, -0.25) is 4.79 Å². The minimum atomic E-state index is -0.307. The molecule has 26 heavy (non-hydrogen) atoms. The normalized spacial score (nSPS) is 10.4. The Morgan fingerprint density at radius 1 is 1.04 bits per heavy atom. The fraction of sp³-hybridized carbons (Fsp3) is 0.150. The number of aromatic nitrogens is 2. The third kappa shape index (κ3) is 4.63. The van der Waals surface area contributed by atoms with Crippen molar-refractivity contribution in [2.24, 2.45) is 0 Å². The summed E-state index contributed by atoms with van der Waals surface area (Å²) in [6, 6.07) is 17.4. The van der Waals surface area contributed by atoms with Crippen LogP contribution in [0, 0.1) is 12.7 Å². The molecule has 0 aliphatic rings. The summed E-state index contributed by atoms with van der Waals surface area (Å²) in [4.78, 5) is 20.8. The number of hydrogen-bond donors (Lipinski definition) is 2. The van der Waals surface area contributed by atoms with E-state index >= 15 is 0 Å². The molecule has 0 aliphatic carbocycles. The molecule has 132 valence electrons. The molecule has 0 saturated carbocycles. The number of anilines is 2. The number of halogens is 1. The van der Waals surface area contributed by atoms with Gasteiger partial charge in [-0.1, -0.05) is 36.4 Å². The molecular weight excluding hydrogens is 331 g/mol. The molecule has 2 aromatic carbocycles. The van der Waals surface area contributed by atoms with E-state index < -0.39 is 0 Å². The summed E-state index contributed by atoms with van der Waals surface area (Å²) in [5.41, 5.74) is 1.60.